The molecule has 0 aromatic rings. The van der Waals surface area contributed by atoms with Crippen LogP contribution in [0.3, 0.4) is 0 Å². The first-order chi connectivity index (χ1) is 7.50. The van der Waals surface area contributed by atoms with Crippen LogP contribution in [-0.4, -0.2) is 37.2 Å². The Morgan fingerprint density at radius 1 is 1.44 bits per heavy atom. The van der Waals surface area contributed by atoms with Gasteiger partial charge in [-0.1, -0.05) is 6.58 Å². The Morgan fingerprint density at radius 2 is 2.00 bits per heavy atom. The number of hydrogen-bond donors (Lipinski definition) is 0. The zero-order valence-corrected chi connectivity index (χ0v) is 8.86. The molecule has 0 aromatic carbocycles. The van der Waals surface area contributed by atoms with Crippen molar-refractivity contribution in [1.82, 2.24) is 0 Å². The van der Waals surface area contributed by atoms with Crippen molar-refractivity contribution >= 4 is 17.9 Å². The van der Waals surface area contributed by atoms with Crippen LogP contribution in [-0.2, 0) is 28.6 Å². The minimum atomic E-state index is -0.802. The molecule has 6 nitrogen and oxygen atoms in total. The van der Waals surface area contributed by atoms with Gasteiger partial charge in [0.25, 0.3) is 0 Å². The fourth-order valence-corrected chi connectivity index (χ4v) is 0.925. The summed E-state index contributed by atoms with van der Waals surface area (Å²) in [5, 5.41) is 0. The average molecular weight is 228 g/mol. The SMILES string of the molecule is C=C(C)C(=O)OCCOC(=O)[C@@H]1CC(=O)O1. The molecule has 0 radical (unpaired) electrons. The van der Waals surface area contributed by atoms with Crippen molar-refractivity contribution in [2.24, 2.45) is 0 Å². The number of carbonyl (C=O) groups is 3. The molecule has 88 valence electrons. The van der Waals surface area contributed by atoms with Gasteiger partial charge in [-0.05, 0) is 6.92 Å². The average Bonchev–Trinajstić information content (AvgIpc) is 2.18. The Hall–Kier alpha value is -1.85. The Balaban J connectivity index is 2.07. The summed E-state index contributed by atoms with van der Waals surface area (Å²) in [6, 6.07) is 0. The second kappa shape index (κ2) is 5.29. The van der Waals surface area contributed by atoms with Gasteiger partial charge in [-0.15, -0.1) is 0 Å². The van der Waals surface area contributed by atoms with Crippen molar-refractivity contribution < 1.29 is 28.6 Å². The van der Waals surface area contributed by atoms with Crippen molar-refractivity contribution in [2.45, 2.75) is 19.4 Å². The normalized spacial score (nSPS) is 18.1. The lowest BCUT2D eigenvalue weighted by atomic mass is 10.2. The Morgan fingerprint density at radius 3 is 2.50 bits per heavy atom. The van der Waals surface area contributed by atoms with Crippen molar-refractivity contribution in [2.75, 3.05) is 13.2 Å². The van der Waals surface area contributed by atoms with Gasteiger partial charge in [0.1, 0.15) is 13.2 Å². The first-order valence-electron chi connectivity index (χ1n) is 4.69. The first kappa shape index (κ1) is 12.2. The maximum atomic E-state index is 11.1. The zero-order valence-electron chi connectivity index (χ0n) is 8.86. The number of cyclic esters (lactones) is 1. The van der Waals surface area contributed by atoms with E-state index in [2.05, 4.69) is 16.1 Å². The largest absolute Gasteiger partial charge is 0.459 e. The molecule has 1 saturated heterocycles. The van der Waals surface area contributed by atoms with Crippen LogP contribution in [0.5, 0.6) is 0 Å². The summed E-state index contributed by atoms with van der Waals surface area (Å²) in [5.41, 5.74) is 0.277. The van der Waals surface area contributed by atoms with Crippen LogP contribution in [0.1, 0.15) is 13.3 Å². The fraction of sp³-hybridized carbons (Fsp3) is 0.500. The highest BCUT2D eigenvalue weighted by molar-refractivity contribution is 5.89. The minimum absolute atomic E-state index is 0.0436. The standard InChI is InChI=1S/C10H12O6/c1-6(2)9(12)14-3-4-15-10(13)7-5-8(11)16-7/h7H,1,3-5H2,2H3/t7-/m0/s1. The highest BCUT2D eigenvalue weighted by Gasteiger charge is 2.36. The first-order valence-corrected chi connectivity index (χ1v) is 4.69. The molecule has 1 heterocycles. The van der Waals surface area contributed by atoms with Gasteiger partial charge in [0.05, 0.1) is 6.42 Å². The van der Waals surface area contributed by atoms with E-state index in [-0.39, 0.29) is 25.2 Å². The maximum Gasteiger partial charge on any atom is 0.348 e. The van der Waals surface area contributed by atoms with Gasteiger partial charge in [-0.25, -0.2) is 9.59 Å². The lowest BCUT2D eigenvalue weighted by molar-refractivity contribution is -0.186. The van der Waals surface area contributed by atoms with Gasteiger partial charge in [-0.3, -0.25) is 4.79 Å². The van der Waals surface area contributed by atoms with Crippen LogP contribution in [0.4, 0.5) is 0 Å². The zero-order chi connectivity index (χ0) is 12.1. The van der Waals surface area contributed by atoms with Crippen molar-refractivity contribution in [1.29, 1.82) is 0 Å². The molecule has 0 amide bonds. The maximum absolute atomic E-state index is 11.1. The molecule has 1 aliphatic heterocycles. The van der Waals surface area contributed by atoms with Crippen LogP contribution >= 0.6 is 0 Å². The van der Waals surface area contributed by atoms with Gasteiger partial charge in [0, 0.05) is 5.57 Å². The van der Waals surface area contributed by atoms with E-state index < -0.39 is 24.0 Å². The summed E-state index contributed by atoms with van der Waals surface area (Å²) in [6.07, 6.45) is -0.756. The van der Waals surface area contributed by atoms with Gasteiger partial charge in [0.15, 0.2) is 0 Å². The van der Waals surface area contributed by atoms with Gasteiger partial charge in [0.2, 0.25) is 6.10 Å². The van der Waals surface area contributed by atoms with E-state index in [1.807, 2.05) is 0 Å². The fourth-order valence-electron chi connectivity index (χ4n) is 0.925. The minimum Gasteiger partial charge on any atom is -0.459 e. The van der Waals surface area contributed by atoms with Crippen LogP contribution in [0.15, 0.2) is 12.2 Å². The van der Waals surface area contributed by atoms with Crippen molar-refractivity contribution in [3.63, 3.8) is 0 Å². The molecular formula is C10H12O6. The van der Waals surface area contributed by atoms with E-state index in [1.54, 1.807) is 0 Å². The summed E-state index contributed by atoms with van der Waals surface area (Å²) < 4.78 is 13.9. The lowest BCUT2D eigenvalue weighted by Crippen LogP contribution is -2.40. The molecule has 0 bridgehead atoms. The van der Waals surface area contributed by atoms with E-state index >= 15 is 0 Å². The Bertz CT molecular complexity index is 324. The summed E-state index contributed by atoms with van der Waals surface area (Å²) in [6.45, 7) is 4.80. The van der Waals surface area contributed by atoms with E-state index in [4.69, 9.17) is 4.74 Å². The number of hydrogen-bond acceptors (Lipinski definition) is 6. The Labute approximate surface area is 92.2 Å². The van der Waals surface area contributed by atoms with Crippen LogP contribution in [0, 0.1) is 0 Å². The number of esters is 3. The third-order valence-corrected chi connectivity index (χ3v) is 1.80. The van der Waals surface area contributed by atoms with Gasteiger partial charge < -0.3 is 14.2 Å². The topological polar surface area (TPSA) is 78.9 Å². The lowest BCUT2D eigenvalue weighted by Gasteiger charge is -2.23. The summed E-state index contributed by atoms with van der Waals surface area (Å²) >= 11 is 0. The summed E-state index contributed by atoms with van der Waals surface area (Å²) in [4.78, 5) is 32.4. The third-order valence-electron chi connectivity index (χ3n) is 1.80. The number of carbonyl (C=O) groups excluding carboxylic acids is 3. The van der Waals surface area contributed by atoms with E-state index in [0.29, 0.717) is 0 Å². The molecule has 1 fully saturated rings. The molecule has 0 unspecified atom stereocenters. The van der Waals surface area contributed by atoms with E-state index in [0.717, 1.165) is 0 Å². The molecule has 1 atom stereocenters. The van der Waals surface area contributed by atoms with E-state index in [1.165, 1.54) is 6.92 Å². The highest BCUT2D eigenvalue weighted by Crippen LogP contribution is 2.14. The van der Waals surface area contributed by atoms with Crippen LogP contribution in [0.25, 0.3) is 0 Å². The van der Waals surface area contributed by atoms with Gasteiger partial charge >= 0.3 is 17.9 Å². The highest BCUT2D eigenvalue weighted by atomic mass is 16.6. The summed E-state index contributed by atoms with van der Waals surface area (Å²) in [5.74, 6) is -1.58. The molecule has 0 aliphatic carbocycles. The smallest absolute Gasteiger partial charge is 0.348 e. The Kier molecular flexibility index (Phi) is 4.04. The quantitative estimate of drug-likeness (QED) is 0.284. The number of rotatable bonds is 5. The van der Waals surface area contributed by atoms with E-state index in [9.17, 15) is 14.4 Å². The third kappa shape index (κ3) is 3.38. The van der Waals surface area contributed by atoms with Crippen molar-refractivity contribution in [3.05, 3.63) is 12.2 Å². The second-order valence-electron chi connectivity index (χ2n) is 3.27. The molecule has 1 rings (SSSR count). The molecule has 1 aliphatic rings. The molecule has 16 heavy (non-hydrogen) atoms. The van der Waals surface area contributed by atoms with Crippen LogP contribution in [0.2, 0.25) is 0 Å². The monoisotopic (exact) mass is 228 g/mol. The molecule has 6 heteroatoms. The van der Waals surface area contributed by atoms with Gasteiger partial charge in [-0.2, -0.15) is 0 Å². The molecule has 0 aromatic heterocycles. The molecule has 0 spiro atoms. The molecule has 0 N–H and O–H groups in total. The van der Waals surface area contributed by atoms with Crippen molar-refractivity contribution in [3.8, 4) is 0 Å². The van der Waals surface area contributed by atoms with Crippen LogP contribution < -0.4 is 0 Å². The molecular weight excluding hydrogens is 216 g/mol. The second-order valence-corrected chi connectivity index (χ2v) is 3.27. The number of ether oxygens (including phenoxy) is 3. The summed E-state index contributed by atoms with van der Waals surface area (Å²) in [7, 11) is 0. The predicted octanol–water partition coefficient (Wildman–Crippen LogP) is -0.0356. The molecule has 0 saturated carbocycles. The predicted molar refractivity (Wildman–Crippen MR) is 51.2 cm³/mol.